The van der Waals surface area contributed by atoms with E-state index in [9.17, 15) is 0 Å². The van der Waals surface area contributed by atoms with Gasteiger partial charge < -0.3 is 19.3 Å². The molecule has 0 fully saturated rings. The fourth-order valence-corrected chi connectivity index (χ4v) is 0. The number of nitriles is 1. The molecule has 7 heavy (non-hydrogen) atoms. The molecule has 0 saturated heterocycles. The van der Waals surface area contributed by atoms with Crippen LogP contribution in [0.5, 0.6) is 0 Å². The second kappa shape index (κ2) is 55.0. The molecule has 0 aliphatic rings. The van der Waals surface area contributed by atoms with E-state index in [1.165, 1.54) is 5.40 Å². The van der Waals surface area contributed by atoms with E-state index >= 15 is 0 Å². The molecule has 6 N–H and O–H groups in total. The number of nitrogens with zero attached hydrogens (tertiary/aromatic N) is 1. The summed E-state index contributed by atoms with van der Waals surface area (Å²) < 4.78 is 0. The van der Waals surface area contributed by atoms with Crippen LogP contribution < -0.4 is 0 Å². The second-order valence-corrected chi connectivity index (χ2v) is 0.300. The van der Waals surface area contributed by atoms with Crippen molar-refractivity contribution in [3.8, 4) is 5.40 Å². The van der Waals surface area contributed by atoms with Crippen LogP contribution in [-0.4, -0.2) is 65.3 Å². The minimum Gasteiger partial charge on any atom is -1.00 e. The van der Waals surface area contributed by atoms with Gasteiger partial charge in [0.2, 0.25) is 0 Å². The third-order valence-electron chi connectivity index (χ3n) is 0. The molecule has 0 heterocycles. The average molecular weight is 252 g/mol. The number of hydrogen-bond acceptors (Lipinski definition) is 2. The Morgan fingerprint density at radius 2 is 1.29 bits per heavy atom. The van der Waals surface area contributed by atoms with E-state index in [0.717, 1.165) is 0 Å². The van der Waals surface area contributed by atoms with E-state index in [1.807, 2.05) is 0 Å². The number of hydrogen-bond donors (Lipinski definition) is 1. The molecule has 0 amide bonds. The molecule has 0 bridgehead atoms. The van der Waals surface area contributed by atoms with Crippen LogP contribution in [0.15, 0.2) is 0 Å². The van der Waals surface area contributed by atoms with Crippen molar-refractivity contribution in [2.24, 2.45) is 0 Å². The molecule has 6 heteroatoms. The third kappa shape index (κ3) is 122. The van der Waals surface area contributed by atoms with Crippen LogP contribution in [0.1, 0.15) is 2.85 Å². The van der Waals surface area contributed by atoms with Gasteiger partial charge in [0.15, 0.2) is 0 Å². The average Bonchev–Trinajstić information content (AvgIpc) is 0.918. The van der Waals surface area contributed by atoms with Gasteiger partial charge in [-0.05, 0) is 0 Å². The van der Waals surface area contributed by atoms with Gasteiger partial charge in [-0.3, -0.25) is 0 Å². The molecule has 0 aliphatic carbocycles. The summed E-state index contributed by atoms with van der Waals surface area (Å²) in [5.41, 5.74) is 0. The predicted molar refractivity (Wildman–Crippen MR) is 33.4 cm³/mol. The summed E-state index contributed by atoms with van der Waals surface area (Å²) in [6.07, 6.45) is 0. The van der Waals surface area contributed by atoms with Crippen molar-refractivity contribution >= 4 is 61.5 Å². The zero-order chi connectivity index (χ0) is 2.71. The molecular formula is CH9BaNO3S. The maximum atomic E-state index is 7.18. The monoisotopic (exact) mass is 253 g/mol. The standard InChI is InChI=1S/CHNS.Ba.3H2O.2H/c2-1-3;;;;;;/h3H;;3*1H2;;/q;+2;;;;2*-1. The normalized spacial score (nSPS) is 1.14. The summed E-state index contributed by atoms with van der Waals surface area (Å²) in [4.78, 5) is 0. The van der Waals surface area contributed by atoms with Crippen molar-refractivity contribution in [1.29, 1.82) is 5.26 Å². The van der Waals surface area contributed by atoms with Crippen LogP contribution in [0.2, 0.25) is 0 Å². The van der Waals surface area contributed by atoms with Gasteiger partial charge in [0.25, 0.3) is 0 Å². The van der Waals surface area contributed by atoms with Gasteiger partial charge >= 0.3 is 48.9 Å². The molecule has 0 aromatic rings. The fraction of sp³-hybridized carbons (Fsp3) is 0. The molecule has 0 unspecified atom stereocenters. The molecule has 0 spiro atoms. The van der Waals surface area contributed by atoms with Gasteiger partial charge in [-0.15, -0.1) is 0 Å². The van der Waals surface area contributed by atoms with E-state index in [4.69, 9.17) is 5.26 Å². The van der Waals surface area contributed by atoms with Crippen LogP contribution in [0, 0.1) is 10.7 Å². The van der Waals surface area contributed by atoms with Crippen LogP contribution >= 0.6 is 12.6 Å². The SMILES string of the molecule is N#CS.O.O.O.[Ba+2].[H-].[H-]. The van der Waals surface area contributed by atoms with Gasteiger partial charge in [0, 0.05) is 0 Å². The van der Waals surface area contributed by atoms with E-state index in [2.05, 4.69) is 12.6 Å². The first-order valence-electron chi connectivity index (χ1n) is 0.447. The van der Waals surface area contributed by atoms with Crippen molar-refractivity contribution in [2.75, 3.05) is 0 Å². The Morgan fingerprint density at radius 3 is 1.29 bits per heavy atom. The summed E-state index contributed by atoms with van der Waals surface area (Å²) in [6.45, 7) is 0. The molecule has 4 nitrogen and oxygen atoms in total. The maximum absolute atomic E-state index is 7.18. The fourth-order valence-electron chi connectivity index (χ4n) is 0. The Balaban J connectivity index is -0.00000000133. The molecule has 0 aromatic carbocycles. The second-order valence-electron chi connectivity index (χ2n) is 0.100. The van der Waals surface area contributed by atoms with Gasteiger partial charge in [-0.2, -0.15) is 5.26 Å². The van der Waals surface area contributed by atoms with E-state index in [-0.39, 0.29) is 68.2 Å². The first-order valence-corrected chi connectivity index (χ1v) is 0.894. The van der Waals surface area contributed by atoms with E-state index in [0.29, 0.717) is 0 Å². The van der Waals surface area contributed by atoms with Gasteiger partial charge in [0.05, 0.1) is 0 Å². The number of thiocyanates is 1. The van der Waals surface area contributed by atoms with Crippen molar-refractivity contribution in [3.63, 3.8) is 0 Å². The molecule has 0 radical (unpaired) electrons. The van der Waals surface area contributed by atoms with Crippen LogP contribution in [0.4, 0.5) is 0 Å². The van der Waals surface area contributed by atoms with Gasteiger partial charge in [-0.25, -0.2) is 0 Å². The molecule has 0 aliphatic heterocycles. The summed E-state index contributed by atoms with van der Waals surface area (Å²) >= 11 is 3.09. The van der Waals surface area contributed by atoms with Crippen LogP contribution in [0.25, 0.3) is 0 Å². The number of rotatable bonds is 0. The van der Waals surface area contributed by atoms with Crippen LogP contribution in [0.3, 0.4) is 0 Å². The minimum absolute atomic E-state index is 0. The summed E-state index contributed by atoms with van der Waals surface area (Å²) in [5.74, 6) is 0. The summed E-state index contributed by atoms with van der Waals surface area (Å²) in [5, 5.41) is 8.63. The smallest absolute Gasteiger partial charge is 1.00 e. The Labute approximate surface area is 90.3 Å². The Morgan fingerprint density at radius 1 is 1.29 bits per heavy atom. The molecule has 44 valence electrons. The third-order valence-corrected chi connectivity index (χ3v) is 0. The van der Waals surface area contributed by atoms with Gasteiger partial charge in [0.1, 0.15) is 5.40 Å². The Bertz CT molecular complexity index is 43.3. The largest absolute Gasteiger partial charge is 2.00 e. The topological polar surface area (TPSA) is 118 Å². The number of thiol groups is 1. The molecule has 0 atom stereocenters. The zero-order valence-corrected chi connectivity index (χ0v) is 8.94. The minimum atomic E-state index is 0. The van der Waals surface area contributed by atoms with E-state index in [1.54, 1.807) is 0 Å². The first-order chi connectivity index (χ1) is 1.41. The molecular weight excluding hydrogens is 243 g/mol. The summed E-state index contributed by atoms with van der Waals surface area (Å²) in [7, 11) is 0. The van der Waals surface area contributed by atoms with Crippen molar-refractivity contribution in [1.82, 2.24) is 0 Å². The van der Waals surface area contributed by atoms with Crippen molar-refractivity contribution in [2.45, 2.75) is 0 Å². The predicted octanol–water partition coefficient (Wildman–Crippen LogP) is -2.23. The summed E-state index contributed by atoms with van der Waals surface area (Å²) in [6, 6.07) is 0. The Hall–Kier alpha value is 1.29. The quantitative estimate of drug-likeness (QED) is 0.293. The maximum Gasteiger partial charge on any atom is 2.00 e. The molecule has 0 rings (SSSR count). The van der Waals surface area contributed by atoms with Gasteiger partial charge in [-0.1, -0.05) is 12.6 Å². The molecule has 0 aromatic heterocycles. The van der Waals surface area contributed by atoms with E-state index < -0.39 is 0 Å². The Kier molecular flexibility index (Phi) is 320. The zero-order valence-electron chi connectivity index (χ0n) is 5.60. The molecule has 0 saturated carbocycles. The van der Waals surface area contributed by atoms with Crippen LogP contribution in [-0.2, 0) is 0 Å². The van der Waals surface area contributed by atoms with Crippen molar-refractivity contribution < 1.29 is 19.3 Å². The van der Waals surface area contributed by atoms with Crippen molar-refractivity contribution in [3.05, 3.63) is 0 Å². The first kappa shape index (κ1) is 40.7.